The van der Waals surface area contributed by atoms with Crippen LogP contribution in [0.4, 0.5) is 23.1 Å². The van der Waals surface area contributed by atoms with Crippen molar-refractivity contribution in [1.29, 1.82) is 0 Å². The van der Waals surface area contributed by atoms with Gasteiger partial charge in [-0.1, -0.05) is 0 Å². The topological polar surface area (TPSA) is 91.3 Å². The molecule has 2 aromatic rings. The molecule has 1 atom stereocenters. The van der Waals surface area contributed by atoms with Crippen LogP contribution in [0.2, 0.25) is 0 Å². The van der Waals surface area contributed by atoms with Gasteiger partial charge in [0.1, 0.15) is 0 Å². The first-order chi connectivity index (χ1) is 13.0. The summed E-state index contributed by atoms with van der Waals surface area (Å²) in [5, 5.41) is 11.2. The Morgan fingerprint density at radius 2 is 1.93 bits per heavy atom. The summed E-state index contributed by atoms with van der Waals surface area (Å²) >= 11 is 0. The third kappa shape index (κ3) is 4.13. The van der Waals surface area contributed by atoms with Gasteiger partial charge in [-0.2, -0.15) is 10.1 Å². The van der Waals surface area contributed by atoms with Gasteiger partial charge in [0.2, 0.25) is 5.95 Å². The minimum atomic E-state index is -2.94. The highest BCUT2D eigenvalue weighted by Gasteiger charge is 2.31. The van der Waals surface area contributed by atoms with E-state index in [4.69, 9.17) is 0 Å². The Kier molecular flexibility index (Phi) is 4.86. The van der Waals surface area contributed by atoms with Gasteiger partial charge < -0.3 is 15.1 Å². The Morgan fingerprint density at radius 1 is 1.19 bits per heavy atom. The molecule has 0 spiro atoms. The van der Waals surface area contributed by atoms with Crippen LogP contribution < -0.4 is 15.1 Å². The van der Waals surface area contributed by atoms with Crippen molar-refractivity contribution in [3.8, 4) is 0 Å². The van der Waals surface area contributed by atoms with Crippen LogP contribution in [0.1, 0.15) is 19.3 Å². The Balaban J connectivity index is 1.44. The summed E-state index contributed by atoms with van der Waals surface area (Å²) < 4.78 is 23.4. The molecule has 0 amide bonds. The Bertz CT molecular complexity index is 896. The smallest absolute Gasteiger partial charge is 0.249 e. The molecule has 1 N–H and O–H groups in total. The maximum absolute atomic E-state index is 11.7. The lowest BCUT2D eigenvalue weighted by Gasteiger charge is -2.24. The fourth-order valence-corrected chi connectivity index (χ4v) is 5.42. The van der Waals surface area contributed by atoms with Gasteiger partial charge in [-0.05, 0) is 43.5 Å². The normalized spacial score (nSPS) is 21.4. The van der Waals surface area contributed by atoms with Gasteiger partial charge in [-0.15, -0.1) is 5.10 Å². The first kappa shape index (κ1) is 18.0. The standard InChI is InChI=1S/C18H24N6O2S/c1-23(16-8-11-27(25,26)13-16)17-12-19-22-18(21-17)20-14-4-6-15(7-5-14)24-9-2-3-10-24/h4-7,12,16H,2-3,8-11,13H2,1H3,(H,20,21,22). The molecule has 2 aliphatic heterocycles. The molecule has 4 rings (SSSR count). The summed E-state index contributed by atoms with van der Waals surface area (Å²) in [4.78, 5) is 8.75. The van der Waals surface area contributed by atoms with Crippen molar-refractivity contribution in [1.82, 2.24) is 15.2 Å². The van der Waals surface area contributed by atoms with E-state index in [1.54, 1.807) is 6.20 Å². The van der Waals surface area contributed by atoms with E-state index in [-0.39, 0.29) is 17.5 Å². The molecule has 144 valence electrons. The van der Waals surface area contributed by atoms with Gasteiger partial charge in [0.15, 0.2) is 15.7 Å². The second-order valence-electron chi connectivity index (χ2n) is 7.17. The Morgan fingerprint density at radius 3 is 2.59 bits per heavy atom. The average molecular weight is 388 g/mol. The minimum absolute atomic E-state index is 0.0701. The van der Waals surface area contributed by atoms with E-state index in [2.05, 4.69) is 37.5 Å². The summed E-state index contributed by atoms with van der Waals surface area (Å²) in [6.45, 7) is 2.23. The van der Waals surface area contributed by atoms with Gasteiger partial charge in [0.05, 0.1) is 17.7 Å². The Labute approximate surface area is 159 Å². The SMILES string of the molecule is CN(c1cnnc(Nc2ccc(N3CCCC3)cc2)n1)C1CCS(=O)(=O)C1. The molecule has 0 radical (unpaired) electrons. The summed E-state index contributed by atoms with van der Waals surface area (Å²) in [6.07, 6.45) is 4.68. The molecule has 0 saturated carbocycles. The van der Waals surface area contributed by atoms with Crippen molar-refractivity contribution in [2.45, 2.75) is 25.3 Å². The fourth-order valence-electron chi connectivity index (χ4n) is 3.65. The van der Waals surface area contributed by atoms with Gasteiger partial charge in [-0.25, -0.2) is 8.42 Å². The van der Waals surface area contributed by atoms with E-state index >= 15 is 0 Å². The molecule has 1 aromatic carbocycles. The summed E-state index contributed by atoms with van der Waals surface area (Å²) in [6, 6.07) is 8.15. The van der Waals surface area contributed by atoms with Crippen LogP contribution in [0, 0.1) is 0 Å². The number of benzene rings is 1. The van der Waals surface area contributed by atoms with Crippen molar-refractivity contribution < 1.29 is 8.42 Å². The maximum Gasteiger partial charge on any atom is 0.249 e. The van der Waals surface area contributed by atoms with E-state index in [9.17, 15) is 8.42 Å². The molecular weight excluding hydrogens is 364 g/mol. The lowest BCUT2D eigenvalue weighted by Crippen LogP contribution is -2.33. The quantitative estimate of drug-likeness (QED) is 0.830. The number of nitrogens with one attached hydrogen (secondary N) is 1. The monoisotopic (exact) mass is 388 g/mol. The molecule has 2 fully saturated rings. The molecule has 8 nitrogen and oxygen atoms in total. The number of aromatic nitrogens is 3. The highest BCUT2D eigenvalue weighted by Crippen LogP contribution is 2.24. The maximum atomic E-state index is 11.7. The van der Waals surface area contributed by atoms with Crippen LogP contribution in [0.3, 0.4) is 0 Å². The number of sulfone groups is 1. The predicted molar refractivity (Wildman–Crippen MR) is 106 cm³/mol. The number of anilines is 4. The molecule has 1 unspecified atom stereocenters. The van der Waals surface area contributed by atoms with Crippen molar-refractivity contribution in [2.75, 3.05) is 46.8 Å². The molecule has 2 saturated heterocycles. The lowest BCUT2D eigenvalue weighted by atomic mass is 10.2. The van der Waals surface area contributed by atoms with Gasteiger partial charge in [0.25, 0.3) is 0 Å². The van der Waals surface area contributed by atoms with Crippen molar-refractivity contribution in [3.05, 3.63) is 30.5 Å². The highest BCUT2D eigenvalue weighted by atomic mass is 32.2. The third-order valence-corrected chi connectivity index (χ3v) is 7.01. The minimum Gasteiger partial charge on any atom is -0.372 e. The summed E-state index contributed by atoms with van der Waals surface area (Å²) in [5.74, 6) is 1.40. The Hall–Kier alpha value is -2.42. The van der Waals surface area contributed by atoms with Gasteiger partial charge in [0, 0.05) is 37.6 Å². The van der Waals surface area contributed by atoms with Crippen LogP contribution in [-0.2, 0) is 9.84 Å². The second kappa shape index (κ2) is 7.30. The molecule has 3 heterocycles. The van der Waals surface area contributed by atoms with Crippen LogP contribution in [0.5, 0.6) is 0 Å². The van der Waals surface area contributed by atoms with Crippen LogP contribution in [0.15, 0.2) is 30.5 Å². The summed E-state index contributed by atoms with van der Waals surface area (Å²) in [5.41, 5.74) is 2.12. The molecule has 27 heavy (non-hydrogen) atoms. The fraction of sp³-hybridized carbons (Fsp3) is 0.500. The number of hydrogen-bond donors (Lipinski definition) is 1. The number of nitrogens with zero attached hydrogens (tertiary/aromatic N) is 5. The third-order valence-electron chi connectivity index (χ3n) is 5.26. The van der Waals surface area contributed by atoms with Gasteiger partial charge >= 0.3 is 0 Å². The largest absolute Gasteiger partial charge is 0.372 e. The van der Waals surface area contributed by atoms with Crippen LogP contribution in [0.25, 0.3) is 0 Å². The zero-order valence-electron chi connectivity index (χ0n) is 15.4. The van der Waals surface area contributed by atoms with E-state index in [0.29, 0.717) is 18.2 Å². The van der Waals surface area contributed by atoms with Crippen molar-refractivity contribution in [3.63, 3.8) is 0 Å². The number of rotatable bonds is 5. The molecule has 2 aliphatic rings. The molecule has 0 aliphatic carbocycles. The highest BCUT2D eigenvalue weighted by molar-refractivity contribution is 7.91. The number of hydrogen-bond acceptors (Lipinski definition) is 8. The van der Waals surface area contributed by atoms with Crippen molar-refractivity contribution in [2.24, 2.45) is 0 Å². The second-order valence-corrected chi connectivity index (χ2v) is 9.40. The molecular formula is C18H24N6O2S. The molecule has 0 bridgehead atoms. The van der Waals surface area contributed by atoms with E-state index in [1.165, 1.54) is 18.5 Å². The van der Waals surface area contributed by atoms with Crippen LogP contribution in [-0.4, -0.2) is 61.3 Å². The van der Waals surface area contributed by atoms with E-state index in [1.807, 2.05) is 24.1 Å². The molecule has 1 aromatic heterocycles. The van der Waals surface area contributed by atoms with E-state index in [0.717, 1.165) is 18.8 Å². The lowest BCUT2D eigenvalue weighted by molar-refractivity contribution is 0.600. The predicted octanol–water partition coefficient (Wildman–Crippen LogP) is 1.84. The average Bonchev–Trinajstić information content (AvgIpc) is 3.32. The van der Waals surface area contributed by atoms with Crippen LogP contribution >= 0.6 is 0 Å². The first-order valence-electron chi connectivity index (χ1n) is 9.25. The molecule has 9 heteroatoms. The first-order valence-corrected chi connectivity index (χ1v) is 11.1. The van der Waals surface area contributed by atoms with Crippen molar-refractivity contribution >= 4 is 33.0 Å². The zero-order chi connectivity index (χ0) is 18.9. The van der Waals surface area contributed by atoms with E-state index < -0.39 is 9.84 Å². The van der Waals surface area contributed by atoms with Gasteiger partial charge in [-0.3, -0.25) is 0 Å². The summed E-state index contributed by atoms with van der Waals surface area (Å²) in [7, 11) is -1.09. The zero-order valence-corrected chi connectivity index (χ0v) is 16.2.